The first-order chi connectivity index (χ1) is 14.0. The van der Waals surface area contributed by atoms with E-state index in [1.54, 1.807) is 0 Å². The molecule has 0 atom stereocenters. The third-order valence-corrected chi connectivity index (χ3v) is 4.05. The summed E-state index contributed by atoms with van der Waals surface area (Å²) < 4.78 is 67.4. The minimum Gasteiger partial charge on any atom is -0.452 e. The summed E-state index contributed by atoms with van der Waals surface area (Å²) in [6.45, 7) is -1.27. The summed E-state index contributed by atoms with van der Waals surface area (Å²) >= 11 is -0.343. The zero-order valence-corrected chi connectivity index (χ0v) is 15.7. The Morgan fingerprint density at radius 1 is 0.933 bits per heavy atom. The number of thioether (sulfide) groups is 1. The second-order valence-electron chi connectivity index (χ2n) is 5.60. The third-order valence-electron chi connectivity index (χ3n) is 3.31. The Balaban J connectivity index is 1.75. The Kier molecular flexibility index (Phi) is 7.75. The van der Waals surface area contributed by atoms with E-state index in [2.05, 4.69) is 10.6 Å². The number of halogens is 5. The zero-order valence-electron chi connectivity index (χ0n) is 14.9. The van der Waals surface area contributed by atoms with Gasteiger partial charge in [-0.3, -0.25) is 9.59 Å². The maximum Gasteiger partial charge on any atom is 0.446 e. The highest BCUT2D eigenvalue weighted by Gasteiger charge is 2.29. The van der Waals surface area contributed by atoms with Gasteiger partial charge in [0.2, 0.25) is 5.91 Å². The highest BCUT2D eigenvalue weighted by Crippen LogP contribution is 2.36. The van der Waals surface area contributed by atoms with Gasteiger partial charge >= 0.3 is 11.5 Å². The number of benzene rings is 2. The standard InChI is InChI=1S/C18H13F5N2O4S/c19-13-6-3-11(7-14(13)20)25-15(26)8-24-16(27)9-29-17(28)10-1-4-12(5-2-10)30-18(21,22)23/h1-7H,8-9H2,(H,24,27)(H,25,26). The first-order valence-electron chi connectivity index (χ1n) is 8.08. The fraction of sp³-hybridized carbons (Fsp3) is 0.167. The molecule has 0 saturated heterocycles. The van der Waals surface area contributed by atoms with Crippen molar-refractivity contribution >= 4 is 35.2 Å². The molecule has 12 heteroatoms. The fourth-order valence-electron chi connectivity index (χ4n) is 2.02. The first-order valence-corrected chi connectivity index (χ1v) is 8.89. The molecule has 160 valence electrons. The molecule has 0 saturated carbocycles. The number of ether oxygens (including phenoxy) is 1. The number of hydrogen-bond donors (Lipinski definition) is 2. The number of nitrogens with one attached hydrogen (secondary N) is 2. The Morgan fingerprint density at radius 3 is 2.20 bits per heavy atom. The van der Waals surface area contributed by atoms with Crippen molar-refractivity contribution in [3.63, 3.8) is 0 Å². The van der Waals surface area contributed by atoms with Crippen LogP contribution < -0.4 is 10.6 Å². The van der Waals surface area contributed by atoms with E-state index in [1.807, 2.05) is 0 Å². The van der Waals surface area contributed by atoms with E-state index >= 15 is 0 Å². The highest BCUT2D eigenvalue weighted by atomic mass is 32.2. The van der Waals surface area contributed by atoms with E-state index in [4.69, 9.17) is 4.74 Å². The van der Waals surface area contributed by atoms with Crippen LogP contribution in [0.5, 0.6) is 0 Å². The monoisotopic (exact) mass is 448 g/mol. The molecule has 0 aliphatic carbocycles. The third kappa shape index (κ3) is 7.70. The largest absolute Gasteiger partial charge is 0.452 e. The number of amides is 2. The maximum atomic E-state index is 13.1. The van der Waals surface area contributed by atoms with E-state index in [0.29, 0.717) is 0 Å². The SMILES string of the molecule is O=C(COC(=O)c1ccc(SC(F)(F)F)cc1)NCC(=O)Nc1ccc(F)c(F)c1. The zero-order chi connectivity index (χ0) is 22.3. The van der Waals surface area contributed by atoms with Crippen molar-refractivity contribution in [3.05, 3.63) is 59.7 Å². The van der Waals surface area contributed by atoms with Crippen LogP contribution in [0.4, 0.5) is 27.6 Å². The topological polar surface area (TPSA) is 84.5 Å². The van der Waals surface area contributed by atoms with Crippen LogP contribution in [0.3, 0.4) is 0 Å². The second-order valence-corrected chi connectivity index (χ2v) is 6.74. The summed E-state index contributed by atoms with van der Waals surface area (Å²) in [4.78, 5) is 35.0. The maximum absolute atomic E-state index is 13.1. The van der Waals surface area contributed by atoms with Crippen molar-refractivity contribution in [3.8, 4) is 0 Å². The number of rotatable bonds is 7. The van der Waals surface area contributed by atoms with Crippen LogP contribution >= 0.6 is 11.8 Å². The molecule has 0 heterocycles. The van der Waals surface area contributed by atoms with E-state index in [-0.39, 0.29) is 27.9 Å². The molecule has 0 spiro atoms. The van der Waals surface area contributed by atoms with Crippen LogP contribution in [0.15, 0.2) is 47.4 Å². The van der Waals surface area contributed by atoms with E-state index in [9.17, 15) is 36.3 Å². The van der Waals surface area contributed by atoms with Crippen molar-refractivity contribution in [2.45, 2.75) is 10.4 Å². The van der Waals surface area contributed by atoms with Gasteiger partial charge in [-0.25, -0.2) is 13.6 Å². The van der Waals surface area contributed by atoms with E-state index < -0.39 is 48.1 Å². The van der Waals surface area contributed by atoms with Crippen LogP contribution in [0.1, 0.15) is 10.4 Å². The molecule has 30 heavy (non-hydrogen) atoms. The Labute approximate surface area is 170 Å². The van der Waals surface area contributed by atoms with Crippen molar-refractivity contribution in [1.82, 2.24) is 5.32 Å². The van der Waals surface area contributed by atoms with E-state index in [1.165, 1.54) is 0 Å². The molecular weight excluding hydrogens is 435 g/mol. The molecule has 2 aromatic rings. The molecule has 0 aromatic heterocycles. The lowest BCUT2D eigenvalue weighted by atomic mass is 10.2. The number of alkyl halides is 3. The Morgan fingerprint density at radius 2 is 1.60 bits per heavy atom. The predicted molar refractivity (Wildman–Crippen MR) is 96.6 cm³/mol. The first kappa shape index (κ1) is 23.1. The van der Waals surface area contributed by atoms with Gasteiger partial charge in [0.25, 0.3) is 5.91 Å². The summed E-state index contributed by atoms with van der Waals surface area (Å²) in [5, 5.41) is 4.37. The van der Waals surface area contributed by atoms with Gasteiger partial charge in [0, 0.05) is 16.6 Å². The van der Waals surface area contributed by atoms with Crippen molar-refractivity contribution in [1.29, 1.82) is 0 Å². The summed E-state index contributed by atoms with van der Waals surface area (Å²) in [6.07, 6.45) is 0. The van der Waals surface area contributed by atoms with E-state index in [0.717, 1.165) is 42.5 Å². The average molecular weight is 448 g/mol. The number of anilines is 1. The quantitative estimate of drug-likeness (QED) is 0.385. The number of carbonyl (C=O) groups is 3. The summed E-state index contributed by atoms with van der Waals surface area (Å²) in [5.74, 6) is -4.75. The fourth-order valence-corrected chi connectivity index (χ4v) is 2.56. The minimum atomic E-state index is -4.46. The molecule has 2 rings (SSSR count). The van der Waals surface area contributed by atoms with Gasteiger partial charge in [0.1, 0.15) is 0 Å². The molecule has 2 amide bonds. The van der Waals surface area contributed by atoms with Gasteiger partial charge < -0.3 is 15.4 Å². The smallest absolute Gasteiger partial charge is 0.446 e. The molecule has 6 nitrogen and oxygen atoms in total. The Bertz CT molecular complexity index is 935. The summed E-state index contributed by atoms with van der Waals surface area (Å²) in [5.41, 5.74) is -4.55. The van der Waals surface area contributed by atoms with Gasteiger partial charge in [0.15, 0.2) is 18.2 Å². The van der Waals surface area contributed by atoms with Crippen molar-refractivity contribution in [2.24, 2.45) is 0 Å². The number of esters is 1. The summed E-state index contributed by atoms with van der Waals surface area (Å²) in [6, 6.07) is 7.09. The molecule has 2 N–H and O–H groups in total. The number of carbonyl (C=O) groups excluding carboxylic acids is 3. The molecule has 0 aliphatic heterocycles. The van der Waals surface area contributed by atoms with Gasteiger partial charge in [-0.1, -0.05) is 0 Å². The molecule has 0 fully saturated rings. The van der Waals surface area contributed by atoms with Crippen LogP contribution in [-0.2, 0) is 14.3 Å². The normalized spacial score (nSPS) is 11.0. The molecular formula is C18H13F5N2O4S. The molecule has 0 unspecified atom stereocenters. The number of hydrogen-bond acceptors (Lipinski definition) is 5. The van der Waals surface area contributed by atoms with Gasteiger partial charge in [-0.2, -0.15) is 13.2 Å². The van der Waals surface area contributed by atoms with Crippen LogP contribution in [0.2, 0.25) is 0 Å². The van der Waals surface area contributed by atoms with Gasteiger partial charge in [0.05, 0.1) is 12.1 Å². The van der Waals surface area contributed by atoms with Crippen molar-refractivity contribution < 1.29 is 41.1 Å². The van der Waals surface area contributed by atoms with Gasteiger partial charge in [-0.05, 0) is 48.2 Å². The van der Waals surface area contributed by atoms with Crippen LogP contribution in [0.25, 0.3) is 0 Å². The average Bonchev–Trinajstić information content (AvgIpc) is 2.66. The van der Waals surface area contributed by atoms with Crippen LogP contribution in [-0.4, -0.2) is 36.4 Å². The molecule has 0 bridgehead atoms. The summed E-state index contributed by atoms with van der Waals surface area (Å²) in [7, 11) is 0. The molecule has 2 aromatic carbocycles. The minimum absolute atomic E-state index is 0.0216. The lowest BCUT2D eigenvalue weighted by Gasteiger charge is -2.09. The Hall–Kier alpha value is -3.15. The highest BCUT2D eigenvalue weighted by molar-refractivity contribution is 8.00. The lowest BCUT2D eigenvalue weighted by molar-refractivity contribution is -0.126. The predicted octanol–water partition coefficient (Wildman–Crippen LogP) is 3.49. The van der Waals surface area contributed by atoms with Gasteiger partial charge in [-0.15, -0.1) is 0 Å². The lowest BCUT2D eigenvalue weighted by Crippen LogP contribution is -2.35. The van der Waals surface area contributed by atoms with Crippen LogP contribution in [0, 0.1) is 11.6 Å². The molecule has 0 radical (unpaired) electrons. The van der Waals surface area contributed by atoms with Crippen molar-refractivity contribution in [2.75, 3.05) is 18.5 Å². The second kappa shape index (κ2) is 10.1. The molecule has 0 aliphatic rings.